The second-order valence-corrected chi connectivity index (χ2v) is 7.37. The quantitative estimate of drug-likeness (QED) is 0.785. The molecule has 3 rings (SSSR count). The first-order valence-corrected chi connectivity index (χ1v) is 8.91. The highest BCUT2D eigenvalue weighted by atomic mass is 35.5. The highest BCUT2D eigenvalue weighted by Crippen LogP contribution is 2.28. The minimum absolute atomic E-state index is 0.0539. The minimum Gasteiger partial charge on any atom is -0.366 e. The van der Waals surface area contributed by atoms with Crippen LogP contribution in [0.5, 0.6) is 0 Å². The molecule has 0 aliphatic carbocycles. The van der Waals surface area contributed by atoms with Crippen molar-refractivity contribution in [2.24, 2.45) is 0 Å². The first-order valence-electron chi connectivity index (χ1n) is 6.64. The zero-order valence-electron chi connectivity index (χ0n) is 12.1. The molecule has 0 aliphatic heterocycles. The molecule has 6 nitrogen and oxygen atoms in total. The molecular weight excluding hydrogens is 336 g/mol. The molecule has 0 unspecified atom stereocenters. The number of nitrogen functional groups attached to an aromatic ring is 1. The normalized spacial score (nSPS) is 11.6. The van der Waals surface area contributed by atoms with E-state index in [-0.39, 0.29) is 10.8 Å². The van der Waals surface area contributed by atoms with Crippen LogP contribution < -0.4 is 5.73 Å². The number of nitrogens with two attached hydrogens (primary N) is 1. The summed E-state index contributed by atoms with van der Waals surface area (Å²) in [7, 11) is -3.42. The van der Waals surface area contributed by atoms with E-state index < -0.39 is 9.84 Å². The Bertz CT molecular complexity index is 965. The van der Waals surface area contributed by atoms with Crippen LogP contribution in [0.15, 0.2) is 53.4 Å². The molecular formula is C15H13ClN4O2S. The molecule has 2 aromatic carbocycles. The highest BCUT2D eigenvalue weighted by molar-refractivity contribution is 7.90. The monoisotopic (exact) mass is 348 g/mol. The average molecular weight is 349 g/mol. The number of halogens is 1. The lowest BCUT2D eigenvalue weighted by atomic mass is 10.2. The summed E-state index contributed by atoms with van der Waals surface area (Å²) in [6, 6.07) is 13.5. The van der Waals surface area contributed by atoms with Crippen LogP contribution in [0.25, 0.3) is 17.1 Å². The SMILES string of the molecule is CS(=O)(=O)c1ccccc1-c1nc(N)nn1-c1ccc(Cl)cc1. The molecule has 1 aromatic heterocycles. The molecule has 0 bridgehead atoms. The van der Waals surface area contributed by atoms with E-state index in [9.17, 15) is 8.42 Å². The van der Waals surface area contributed by atoms with Gasteiger partial charge in [-0.3, -0.25) is 0 Å². The molecule has 0 spiro atoms. The molecule has 0 radical (unpaired) electrons. The van der Waals surface area contributed by atoms with Gasteiger partial charge in [0.05, 0.1) is 10.6 Å². The number of anilines is 1. The average Bonchev–Trinajstić information content (AvgIpc) is 2.89. The van der Waals surface area contributed by atoms with Crippen LogP contribution in [-0.2, 0) is 9.84 Å². The molecule has 0 fully saturated rings. The lowest BCUT2D eigenvalue weighted by molar-refractivity contribution is 0.602. The van der Waals surface area contributed by atoms with Gasteiger partial charge in [-0.1, -0.05) is 23.7 Å². The Hall–Kier alpha value is -2.38. The Morgan fingerprint density at radius 1 is 1.09 bits per heavy atom. The van der Waals surface area contributed by atoms with E-state index in [1.165, 1.54) is 10.7 Å². The number of hydrogen-bond donors (Lipinski definition) is 1. The maximum Gasteiger partial charge on any atom is 0.240 e. The van der Waals surface area contributed by atoms with Crippen LogP contribution in [0.4, 0.5) is 5.95 Å². The Labute approximate surface area is 138 Å². The minimum atomic E-state index is -3.42. The lowest BCUT2D eigenvalue weighted by Crippen LogP contribution is -2.04. The topological polar surface area (TPSA) is 90.9 Å². The molecule has 0 aliphatic rings. The Morgan fingerprint density at radius 2 is 1.74 bits per heavy atom. The van der Waals surface area contributed by atoms with Gasteiger partial charge in [0.25, 0.3) is 0 Å². The highest BCUT2D eigenvalue weighted by Gasteiger charge is 2.20. The number of hydrogen-bond acceptors (Lipinski definition) is 5. The Balaban J connectivity index is 2.25. The largest absolute Gasteiger partial charge is 0.366 e. The maximum absolute atomic E-state index is 12.0. The number of rotatable bonds is 3. The molecule has 1 heterocycles. The zero-order valence-corrected chi connectivity index (χ0v) is 13.7. The van der Waals surface area contributed by atoms with Gasteiger partial charge in [0.2, 0.25) is 5.95 Å². The van der Waals surface area contributed by atoms with E-state index in [4.69, 9.17) is 17.3 Å². The fourth-order valence-corrected chi connectivity index (χ4v) is 3.25. The van der Waals surface area contributed by atoms with E-state index in [1.54, 1.807) is 42.5 Å². The maximum atomic E-state index is 12.0. The van der Waals surface area contributed by atoms with Gasteiger partial charge >= 0.3 is 0 Å². The zero-order chi connectivity index (χ0) is 16.6. The second kappa shape index (κ2) is 5.68. The Morgan fingerprint density at radius 3 is 2.39 bits per heavy atom. The third-order valence-corrected chi connectivity index (χ3v) is 4.63. The van der Waals surface area contributed by atoms with Crippen LogP contribution >= 0.6 is 11.6 Å². The van der Waals surface area contributed by atoms with E-state index in [1.807, 2.05) is 0 Å². The molecule has 2 N–H and O–H groups in total. The van der Waals surface area contributed by atoms with Crippen molar-refractivity contribution in [3.05, 3.63) is 53.6 Å². The van der Waals surface area contributed by atoms with E-state index in [0.717, 1.165) is 6.26 Å². The molecule has 0 saturated heterocycles. The van der Waals surface area contributed by atoms with Crippen LogP contribution in [-0.4, -0.2) is 29.4 Å². The summed E-state index contributed by atoms with van der Waals surface area (Å²) in [6.07, 6.45) is 1.15. The summed E-state index contributed by atoms with van der Waals surface area (Å²) in [5, 5.41) is 4.74. The molecule has 0 atom stereocenters. The van der Waals surface area contributed by atoms with Crippen LogP contribution in [0.2, 0.25) is 5.02 Å². The third kappa shape index (κ3) is 3.06. The van der Waals surface area contributed by atoms with Gasteiger partial charge in [-0.05, 0) is 36.4 Å². The van der Waals surface area contributed by atoms with Crippen LogP contribution in [0.1, 0.15) is 0 Å². The summed E-state index contributed by atoms with van der Waals surface area (Å²) in [5.41, 5.74) is 6.84. The van der Waals surface area contributed by atoms with Crippen molar-refractivity contribution in [3.63, 3.8) is 0 Å². The van der Waals surface area contributed by atoms with Gasteiger partial charge in [-0.15, -0.1) is 5.10 Å². The van der Waals surface area contributed by atoms with Gasteiger partial charge in [0, 0.05) is 16.8 Å². The van der Waals surface area contributed by atoms with Crippen LogP contribution in [0, 0.1) is 0 Å². The first-order chi connectivity index (χ1) is 10.9. The summed E-state index contributed by atoms with van der Waals surface area (Å²) in [4.78, 5) is 4.36. The van der Waals surface area contributed by atoms with Crippen molar-refractivity contribution in [2.75, 3.05) is 12.0 Å². The van der Waals surface area contributed by atoms with Crippen molar-refractivity contribution in [3.8, 4) is 17.1 Å². The predicted molar refractivity (Wildman–Crippen MR) is 89.3 cm³/mol. The standard InChI is InChI=1S/C15H13ClN4O2S/c1-23(21,22)13-5-3-2-4-12(13)14-18-15(17)19-20(14)11-8-6-10(16)7-9-11/h2-9H,1H3,(H2,17,19). The number of nitrogens with zero attached hydrogens (tertiary/aromatic N) is 3. The van der Waals surface area contributed by atoms with E-state index >= 15 is 0 Å². The Kier molecular flexibility index (Phi) is 3.83. The second-order valence-electron chi connectivity index (χ2n) is 4.95. The molecule has 8 heteroatoms. The lowest BCUT2D eigenvalue weighted by Gasteiger charge is -2.09. The van der Waals surface area contributed by atoms with Crippen molar-refractivity contribution >= 4 is 27.4 Å². The number of sulfone groups is 1. The number of benzene rings is 2. The smallest absolute Gasteiger partial charge is 0.240 e. The summed E-state index contributed by atoms with van der Waals surface area (Å²) in [5.74, 6) is 0.407. The van der Waals surface area contributed by atoms with Crippen molar-refractivity contribution in [2.45, 2.75) is 4.90 Å². The van der Waals surface area contributed by atoms with E-state index in [0.29, 0.717) is 22.1 Å². The van der Waals surface area contributed by atoms with Crippen molar-refractivity contribution in [1.82, 2.24) is 14.8 Å². The van der Waals surface area contributed by atoms with Crippen molar-refractivity contribution in [1.29, 1.82) is 0 Å². The van der Waals surface area contributed by atoms with Crippen LogP contribution in [0.3, 0.4) is 0 Å². The third-order valence-electron chi connectivity index (χ3n) is 3.22. The summed E-state index contributed by atoms with van der Waals surface area (Å²) in [6.45, 7) is 0. The van der Waals surface area contributed by atoms with Gasteiger partial charge in [0.1, 0.15) is 0 Å². The van der Waals surface area contributed by atoms with Gasteiger partial charge in [-0.2, -0.15) is 4.98 Å². The summed E-state index contributed by atoms with van der Waals surface area (Å²) >= 11 is 5.90. The van der Waals surface area contributed by atoms with E-state index in [2.05, 4.69) is 10.1 Å². The fraction of sp³-hybridized carbons (Fsp3) is 0.0667. The molecule has 3 aromatic rings. The molecule has 0 saturated carbocycles. The summed E-state index contributed by atoms with van der Waals surface area (Å²) < 4.78 is 25.5. The fourth-order valence-electron chi connectivity index (χ4n) is 2.24. The predicted octanol–water partition coefficient (Wildman–Crippen LogP) is 2.57. The van der Waals surface area contributed by atoms with Gasteiger partial charge in [-0.25, -0.2) is 13.1 Å². The molecule has 0 amide bonds. The first kappa shape index (κ1) is 15.5. The van der Waals surface area contributed by atoms with Crippen molar-refractivity contribution < 1.29 is 8.42 Å². The molecule has 118 valence electrons. The van der Waals surface area contributed by atoms with Gasteiger partial charge < -0.3 is 5.73 Å². The number of aromatic nitrogens is 3. The van der Waals surface area contributed by atoms with Gasteiger partial charge in [0.15, 0.2) is 15.7 Å². The molecule has 23 heavy (non-hydrogen) atoms.